The minimum atomic E-state index is -0.0857. The van der Waals surface area contributed by atoms with Crippen LogP contribution in [0, 0.1) is 6.92 Å². The summed E-state index contributed by atoms with van der Waals surface area (Å²) in [5.74, 6) is 1.55. The van der Waals surface area contributed by atoms with Crippen LogP contribution in [-0.2, 0) is 5.41 Å². The molecule has 0 unspecified atom stereocenters. The molecule has 2 aromatic rings. The number of hydrogen-bond donors (Lipinski definition) is 0. The molecule has 0 saturated heterocycles. The van der Waals surface area contributed by atoms with Crippen LogP contribution < -0.4 is 4.74 Å². The summed E-state index contributed by atoms with van der Waals surface area (Å²) >= 11 is 4.83. The smallest absolute Gasteiger partial charge is 0.298 e. The highest BCUT2D eigenvalue weighted by Gasteiger charge is 2.20. The van der Waals surface area contributed by atoms with Crippen molar-refractivity contribution in [2.45, 2.75) is 40.0 Å². The van der Waals surface area contributed by atoms with Gasteiger partial charge in [-0.15, -0.1) is 0 Å². The zero-order chi connectivity index (χ0) is 17.9. The molecular formula is C17H23BrN4OS. The molecule has 0 saturated carbocycles. The maximum Gasteiger partial charge on any atom is 0.298 e. The molecule has 0 atom stereocenters. The molecule has 130 valence electrons. The molecule has 0 aliphatic heterocycles. The second-order valence-corrected chi connectivity index (χ2v) is 8.19. The SMILES string of the molecule is CCN(C)C=Nc1cc(C)c(Oc2nc(C(C)(C)C)ns2)cc1Br. The first-order valence-corrected chi connectivity index (χ1v) is 9.34. The van der Waals surface area contributed by atoms with E-state index in [1.807, 2.05) is 37.3 Å². The van der Waals surface area contributed by atoms with Crippen LogP contribution in [0.2, 0.25) is 0 Å². The molecule has 1 aromatic carbocycles. The van der Waals surface area contributed by atoms with Crippen molar-refractivity contribution in [1.82, 2.24) is 14.3 Å². The van der Waals surface area contributed by atoms with E-state index in [4.69, 9.17) is 4.74 Å². The number of hydrogen-bond acceptors (Lipinski definition) is 5. The van der Waals surface area contributed by atoms with Crippen molar-refractivity contribution >= 4 is 39.5 Å². The molecule has 5 nitrogen and oxygen atoms in total. The van der Waals surface area contributed by atoms with Crippen molar-refractivity contribution in [2.75, 3.05) is 13.6 Å². The average molecular weight is 411 g/mol. The van der Waals surface area contributed by atoms with Gasteiger partial charge in [-0.3, -0.25) is 0 Å². The van der Waals surface area contributed by atoms with Crippen LogP contribution in [0.15, 0.2) is 21.6 Å². The van der Waals surface area contributed by atoms with E-state index in [2.05, 4.69) is 58.0 Å². The van der Waals surface area contributed by atoms with E-state index in [-0.39, 0.29) is 5.41 Å². The molecule has 7 heteroatoms. The third-order valence-electron chi connectivity index (χ3n) is 3.41. The molecule has 1 heterocycles. The molecular weight excluding hydrogens is 388 g/mol. The van der Waals surface area contributed by atoms with Crippen molar-refractivity contribution in [3.8, 4) is 10.9 Å². The van der Waals surface area contributed by atoms with Gasteiger partial charge in [-0.1, -0.05) is 20.8 Å². The van der Waals surface area contributed by atoms with Gasteiger partial charge in [0.15, 0.2) is 5.82 Å². The third-order valence-corrected chi connectivity index (χ3v) is 4.64. The number of nitrogens with zero attached hydrogens (tertiary/aromatic N) is 4. The normalized spacial score (nSPS) is 12.0. The van der Waals surface area contributed by atoms with Crippen LogP contribution in [0.5, 0.6) is 10.9 Å². The maximum atomic E-state index is 5.92. The van der Waals surface area contributed by atoms with E-state index in [0.29, 0.717) is 5.19 Å². The Morgan fingerprint density at radius 1 is 1.38 bits per heavy atom. The van der Waals surface area contributed by atoms with Crippen LogP contribution in [-0.4, -0.2) is 34.2 Å². The first-order valence-electron chi connectivity index (χ1n) is 7.77. The highest BCUT2D eigenvalue weighted by atomic mass is 79.9. The van der Waals surface area contributed by atoms with Gasteiger partial charge in [0, 0.05) is 35.0 Å². The highest BCUT2D eigenvalue weighted by Crippen LogP contribution is 2.36. The number of ether oxygens (including phenoxy) is 1. The number of aliphatic imine (C=N–C) groups is 1. The topological polar surface area (TPSA) is 50.6 Å². The van der Waals surface area contributed by atoms with Gasteiger partial charge in [0.05, 0.1) is 12.0 Å². The van der Waals surface area contributed by atoms with Crippen molar-refractivity contribution in [2.24, 2.45) is 4.99 Å². The zero-order valence-corrected chi connectivity index (χ0v) is 17.3. The Bertz CT molecular complexity index is 737. The predicted octanol–water partition coefficient (Wildman–Crippen LogP) is 5.31. The number of halogens is 1. The van der Waals surface area contributed by atoms with E-state index in [1.54, 1.807) is 0 Å². The zero-order valence-electron chi connectivity index (χ0n) is 14.9. The lowest BCUT2D eigenvalue weighted by Gasteiger charge is -2.12. The van der Waals surface area contributed by atoms with Crippen LogP contribution >= 0.6 is 27.5 Å². The van der Waals surface area contributed by atoms with E-state index in [1.165, 1.54) is 11.5 Å². The van der Waals surface area contributed by atoms with Crippen LogP contribution in [0.3, 0.4) is 0 Å². The van der Waals surface area contributed by atoms with Gasteiger partial charge < -0.3 is 9.64 Å². The summed E-state index contributed by atoms with van der Waals surface area (Å²) in [7, 11) is 1.99. The van der Waals surface area contributed by atoms with E-state index in [0.717, 1.165) is 33.8 Å². The molecule has 0 fully saturated rings. The van der Waals surface area contributed by atoms with Crippen molar-refractivity contribution < 1.29 is 4.74 Å². The summed E-state index contributed by atoms with van der Waals surface area (Å²) in [6, 6.07) is 3.91. The second-order valence-electron chi connectivity index (χ2n) is 6.62. The molecule has 0 radical (unpaired) electrons. The first-order chi connectivity index (χ1) is 11.2. The van der Waals surface area contributed by atoms with Gasteiger partial charge in [0.1, 0.15) is 5.75 Å². The Hall–Kier alpha value is -1.47. The van der Waals surface area contributed by atoms with Crippen molar-refractivity contribution in [3.63, 3.8) is 0 Å². The number of aryl methyl sites for hydroxylation is 1. The van der Waals surface area contributed by atoms with Gasteiger partial charge in [0.2, 0.25) is 0 Å². The molecule has 0 bridgehead atoms. The molecule has 2 rings (SSSR count). The monoisotopic (exact) mass is 410 g/mol. The fourth-order valence-corrected chi connectivity index (χ4v) is 2.91. The standard InChI is InChI=1S/C17H23BrN4OS/c1-7-22(6)10-19-13-8-11(2)14(9-12(13)18)23-16-20-15(21-24-16)17(3,4)5/h8-10H,7H2,1-6H3. The number of rotatable bonds is 5. The molecule has 0 amide bonds. The van der Waals surface area contributed by atoms with Crippen molar-refractivity contribution in [1.29, 1.82) is 0 Å². The predicted molar refractivity (Wildman–Crippen MR) is 104 cm³/mol. The summed E-state index contributed by atoms with van der Waals surface area (Å²) in [5.41, 5.74) is 1.78. The second kappa shape index (κ2) is 7.61. The van der Waals surface area contributed by atoms with Gasteiger partial charge in [0.25, 0.3) is 5.19 Å². The Balaban J connectivity index is 2.22. The first kappa shape index (κ1) is 18.9. The van der Waals surface area contributed by atoms with E-state index >= 15 is 0 Å². The molecule has 1 aromatic heterocycles. The summed E-state index contributed by atoms with van der Waals surface area (Å²) < 4.78 is 11.2. The van der Waals surface area contributed by atoms with Gasteiger partial charge in [-0.05, 0) is 47.5 Å². The largest absolute Gasteiger partial charge is 0.430 e. The van der Waals surface area contributed by atoms with Gasteiger partial charge in [-0.2, -0.15) is 9.36 Å². The summed E-state index contributed by atoms with van der Waals surface area (Å²) in [6.07, 6.45) is 1.82. The number of aromatic nitrogens is 2. The minimum absolute atomic E-state index is 0.0857. The lowest BCUT2D eigenvalue weighted by Crippen LogP contribution is -2.14. The maximum absolute atomic E-state index is 5.92. The third kappa shape index (κ3) is 4.77. The Kier molecular flexibility index (Phi) is 5.98. The summed E-state index contributed by atoms with van der Waals surface area (Å²) in [5, 5.41) is 0.553. The fraction of sp³-hybridized carbons (Fsp3) is 0.471. The van der Waals surface area contributed by atoms with Crippen molar-refractivity contribution in [3.05, 3.63) is 28.0 Å². The molecule has 0 aliphatic rings. The highest BCUT2D eigenvalue weighted by molar-refractivity contribution is 9.10. The van der Waals surface area contributed by atoms with Crippen LogP contribution in [0.4, 0.5) is 5.69 Å². The molecule has 24 heavy (non-hydrogen) atoms. The minimum Gasteiger partial charge on any atom is -0.430 e. The Labute approximate surface area is 156 Å². The molecule has 0 aliphatic carbocycles. The van der Waals surface area contributed by atoms with Crippen LogP contribution in [0.1, 0.15) is 39.1 Å². The number of benzene rings is 1. The summed E-state index contributed by atoms with van der Waals surface area (Å²) in [6.45, 7) is 11.2. The van der Waals surface area contributed by atoms with Gasteiger partial charge in [-0.25, -0.2) is 4.99 Å². The Morgan fingerprint density at radius 3 is 2.67 bits per heavy atom. The average Bonchev–Trinajstić information content (AvgIpc) is 2.97. The quantitative estimate of drug-likeness (QED) is 0.494. The fourth-order valence-electron chi connectivity index (χ4n) is 1.75. The molecule has 0 N–H and O–H groups in total. The Morgan fingerprint density at radius 2 is 2.08 bits per heavy atom. The lowest BCUT2D eigenvalue weighted by atomic mass is 9.96. The van der Waals surface area contributed by atoms with E-state index < -0.39 is 0 Å². The lowest BCUT2D eigenvalue weighted by molar-refractivity contribution is 0.464. The van der Waals surface area contributed by atoms with Crippen LogP contribution in [0.25, 0.3) is 0 Å². The summed E-state index contributed by atoms with van der Waals surface area (Å²) in [4.78, 5) is 11.0. The molecule has 0 spiro atoms. The van der Waals surface area contributed by atoms with Gasteiger partial charge >= 0.3 is 0 Å². The van der Waals surface area contributed by atoms with E-state index in [9.17, 15) is 0 Å².